The Morgan fingerprint density at radius 3 is 2.45 bits per heavy atom. The van der Waals surface area contributed by atoms with Crippen LogP contribution in [0.5, 0.6) is 5.75 Å². The summed E-state index contributed by atoms with van der Waals surface area (Å²) in [6.45, 7) is 4.55. The standard InChI is InChI=1S/C28H30F2N6O3.C4H6O6/c1-3-15-10-24(37)19(29)11-18(15)16-8-20(30)26-22(9-16)33-34-27(26)28-31-21-4-6-36(12-23(21)32-28)25(38)13-35(2)17-5-7-39-14-17;5-1(3(7)8)2(6)4(9)10/h8-11,17,37H,3-7,12-14H2,1-2H3,(H,31,32)(H,33,34);1-2,5-6H,(H,7,8)(H,9,10)/t;1-,2-/m.1/s1. The fourth-order valence-corrected chi connectivity index (χ4v) is 5.80. The van der Waals surface area contributed by atoms with Crippen molar-refractivity contribution in [2.75, 3.05) is 33.4 Å². The number of carbonyl (C=O) groups is 3. The number of carbonyl (C=O) groups excluding carboxylic acids is 1. The molecular weight excluding hydrogens is 650 g/mol. The van der Waals surface area contributed by atoms with E-state index in [0.717, 1.165) is 24.4 Å². The summed E-state index contributed by atoms with van der Waals surface area (Å²) in [4.78, 5) is 44.3. The number of imidazole rings is 1. The number of aliphatic hydroxyl groups is 2. The summed E-state index contributed by atoms with van der Waals surface area (Å²) in [5.74, 6) is -4.78. The lowest BCUT2D eigenvalue weighted by Gasteiger charge is -2.29. The predicted molar refractivity (Wildman–Crippen MR) is 168 cm³/mol. The maximum Gasteiger partial charge on any atom is 0.335 e. The predicted octanol–water partition coefficient (Wildman–Crippen LogP) is 1.65. The Hall–Kier alpha value is -4.97. The smallest absolute Gasteiger partial charge is 0.335 e. The van der Waals surface area contributed by atoms with Crippen LogP contribution in [0.3, 0.4) is 0 Å². The van der Waals surface area contributed by atoms with Crippen LogP contribution in [0.25, 0.3) is 33.5 Å². The minimum atomic E-state index is -2.27. The Bertz CT molecular complexity index is 1860. The zero-order valence-electron chi connectivity index (χ0n) is 26.6. The third-order valence-corrected chi connectivity index (χ3v) is 8.61. The summed E-state index contributed by atoms with van der Waals surface area (Å²) in [5, 5.41) is 49.8. The number of hydrogen-bond donors (Lipinski definition) is 7. The number of aromatic nitrogens is 4. The van der Waals surface area contributed by atoms with Gasteiger partial charge < -0.3 is 40.2 Å². The molecule has 49 heavy (non-hydrogen) atoms. The van der Waals surface area contributed by atoms with Crippen LogP contribution in [0.1, 0.15) is 30.3 Å². The number of benzene rings is 2. The molecule has 2 aromatic heterocycles. The average Bonchev–Trinajstić information content (AvgIpc) is 3.85. The fourth-order valence-electron chi connectivity index (χ4n) is 5.80. The van der Waals surface area contributed by atoms with Crippen molar-refractivity contribution in [1.82, 2.24) is 30.0 Å². The number of H-pyrrole nitrogens is 2. The monoisotopic (exact) mass is 686 g/mol. The van der Waals surface area contributed by atoms with Gasteiger partial charge in [0.25, 0.3) is 0 Å². The number of aromatic amines is 2. The van der Waals surface area contributed by atoms with Gasteiger partial charge in [-0.15, -0.1) is 0 Å². The number of phenolic OH excluding ortho intramolecular Hbond substituents is 1. The number of fused-ring (bicyclic) bond motifs is 2. The number of carboxylic acid groups (broad SMARTS) is 2. The van der Waals surface area contributed by atoms with Gasteiger partial charge in [0.2, 0.25) is 5.91 Å². The van der Waals surface area contributed by atoms with E-state index in [4.69, 9.17) is 25.2 Å². The van der Waals surface area contributed by atoms with Crippen molar-refractivity contribution >= 4 is 28.7 Å². The molecule has 4 heterocycles. The molecule has 7 N–H and O–H groups in total. The van der Waals surface area contributed by atoms with Crippen molar-refractivity contribution in [3.63, 3.8) is 0 Å². The van der Waals surface area contributed by atoms with Crippen molar-refractivity contribution in [3.8, 4) is 28.4 Å². The van der Waals surface area contributed by atoms with Gasteiger partial charge in [-0.05, 0) is 60.8 Å². The first-order valence-corrected chi connectivity index (χ1v) is 15.4. The normalized spacial score (nSPS) is 17.0. The lowest BCUT2D eigenvalue weighted by atomic mass is 9.96. The van der Waals surface area contributed by atoms with Gasteiger partial charge in [0.15, 0.2) is 29.6 Å². The molecule has 262 valence electrons. The van der Waals surface area contributed by atoms with E-state index in [1.54, 1.807) is 6.07 Å². The Labute approximate surface area is 277 Å². The first-order valence-electron chi connectivity index (χ1n) is 15.4. The number of halogens is 2. The third-order valence-electron chi connectivity index (χ3n) is 8.61. The molecule has 2 aliphatic heterocycles. The van der Waals surface area contributed by atoms with Crippen molar-refractivity contribution in [2.45, 2.75) is 51.0 Å². The second kappa shape index (κ2) is 14.7. The van der Waals surface area contributed by atoms with Gasteiger partial charge in [-0.1, -0.05) is 6.92 Å². The second-order valence-corrected chi connectivity index (χ2v) is 11.8. The highest BCUT2D eigenvalue weighted by Crippen LogP contribution is 2.35. The molecule has 0 radical (unpaired) electrons. The van der Waals surface area contributed by atoms with E-state index in [0.29, 0.717) is 72.8 Å². The number of carboxylic acids is 2. The van der Waals surface area contributed by atoms with Gasteiger partial charge in [0, 0.05) is 25.6 Å². The summed E-state index contributed by atoms with van der Waals surface area (Å²) in [6.07, 6.45) is -2.47. The van der Waals surface area contributed by atoms with Crippen LogP contribution in [0, 0.1) is 11.6 Å². The van der Waals surface area contributed by atoms with E-state index in [1.165, 1.54) is 18.2 Å². The molecule has 0 bridgehead atoms. The molecule has 0 aliphatic carbocycles. The summed E-state index contributed by atoms with van der Waals surface area (Å²) in [7, 11) is 1.95. The highest BCUT2D eigenvalue weighted by atomic mass is 19.1. The van der Waals surface area contributed by atoms with E-state index >= 15 is 4.39 Å². The molecule has 0 spiro atoms. The number of phenols is 1. The van der Waals surface area contributed by atoms with Crippen molar-refractivity contribution in [3.05, 3.63) is 52.9 Å². The van der Waals surface area contributed by atoms with Crippen LogP contribution < -0.4 is 0 Å². The summed E-state index contributed by atoms with van der Waals surface area (Å²) in [6, 6.07) is 5.92. The van der Waals surface area contributed by atoms with E-state index in [2.05, 4.69) is 20.2 Å². The van der Waals surface area contributed by atoms with Crippen molar-refractivity contribution < 1.29 is 53.4 Å². The average molecular weight is 687 g/mol. The zero-order valence-corrected chi connectivity index (χ0v) is 26.6. The largest absolute Gasteiger partial charge is 0.505 e. The highest BCUT2D eigenvalue weighted by Gasteiger charge is 2.30. The van der Waals surface area contributed by atoms with E-state index in [9.17, 15) is 23.9 Å². The maximum atomic E-state index is 15.5. The fraction of sp³-hybridized carbons (Fsp3) is 0.406. The Morgan fingerprint density at radius 1 is 1.10 bits per heavy atom. The molecular formula is C32H36F2N6O9. The molecule has 4 aromatic rings. The molecule has 1 fully saturated rings. The highest BCUT2D eigenvalue weighted by molar-refractivity contribution is 5.95. The number of aromatic hydroxyl groups is 1. The molecule has 17 heteroatoms. The third kappa shape index (κ3) is 7.54. The van der Waals surface area contributed by atoms with E-state index < -0.39 is 41.5 Å². The van der Waals surface area contributed by atoms with Gasteiger partial charge >= 0.3 is 11.9 Å². The number of nitrogens with zero attached hydrogens (tertiary/aromatic N) is 4. The van der Waals surface area contributed by atoms with Crippen molar-refractivity contribution in [1.29, 1.82) is 0 Å². The van der Waals surface area contributed by atoms with Crippen LogP contribution in [-0.4, -0.2) is 125 Å². The first kappa shape index (κ1) is 35.3. The number of aryl methyl sites for hydroxylation is 1. The van der Waals surface area contributed by atoms with Crippen LogP contribution in [-0.2, 0) is 38.5 Å². The number of aliphatic carboxylic acids is 2. The maximum absolute atomic E-state index is 15.5. The lowest BCUT2D eigenvalue weighted by molar-refractivity contribution is -0.165. The minimum Gasteiger partial charge on any atom is -0.505 e. The van der Waals surface area contributed by atoms with E-state index in [-0.39, 0.29) is 17.3 Å². The molecule has 2 aromatic carbocycles. The molecule has 3 atom stereocenters. The molecule has 1 saturated heterocycles. The number of nitrogens with one attached hydrogen (secondary N) is 2. The van der Waals surface area contributed by atoms with Gasteiger partial charge in [0.1, 0.15) is 11.5 Å². The second-order valence-electron chi connectivity index (χ2n) is 11.8. The van der Waals surface area contributed by atoms with Crippen LogP contribution >= 0.6 is 0 Å². The van der Waals surface area contributed by atoms with Crippen LogP contribution in [0.4, 0.5) is 8.78 Å². The van der Waals surface area contributed by atoms with Crippen LogP contribution in [0.2, 0.25) is 0 Å². The lowest BCUT2D eigenvalue weighted by Crippen LogP contribution is -2.44. The zero-order chi connectivity index (χ0) is 35.6. The Morgan fingerprint density at radius 2 is 1.82 bits per heavy atom. The number of likely N-dealkylation sites (N-methyl/N-ethyl adjacent to an activating group) is 1. The van der Waals surface area contributed by atoms with Crippen LogP contribution in [0.15, 0.2) is 24.3 Å². The minimum absolute atomic E-state index is 0.0482. The van der Waals surface area contributed by atoms with Gasteiger partial charge in [0.05, 0.1) is 42.0 Å². The quantitative estimate of drug-likeness (QED) is 0.133. The molecule has 1 amide bonds. The number of hydrogen-bond acceptors (Lipinski definition) is 10. The Balaban J connectivity index is 0.000000409. The molecule has 6 rings (SSSR count). The number of ether oxygens (including phenoxy) is 1. The number of rotatable bonds is 9. The van der Waals surface area contributed by atoms with Crippen molar-refractivity contribution in [2.24, 2.45) is 0 Å². The topological polar surface area (TPSA) is 225 Å². The molecule has 15 nitrogen and oxygen atoms in total. The summed E-state index contributed by atoms with van der Waals surface area (Å²) < 4.78 is 35.1. The molecule has 1 unspecified atom stereocenters. The SMILES string of the molecule is CCc1cc(O)c(F)cc1-c1cc(F)c2c(-c3nc4c([nH]3)CN(C(=O)CN(C)C3CCOC3)CC4)n[nH]c2c1.O=C(O)[C@H](O)[C@@H](O)C(=O)O. The molecule has 0 saturated carbocycles. The van der Waals surface area contributed by atoms with Gasteiger partial charge in [-0.25, -0.2) is 23.4 Å². The summed E-state index contributed by atoms with van der Waals surface area (Å²) in [5.41, 5.74) is 4.13. The molecule has 2 aliphatic rings. The number of aliphatic hydroxyl groups excluding tert-OH is 2. The van der Waals surface area contributed by atoms with E-state index in [1.807, 2.05) is 23.8 Å². The number of amides is 1. The van der Waals surface area contributed by atoms with Gasteiger partial charge in [-0.2, -0.15) is 5.10 Å². The summed E-state index contributed by atoms with van der Waals surface area (Å²) >= 11 is 0. The first-order chi connectivity index (χ1) is 23.3. The van der Waals surface area contributed by atoms with Gasteiger partial charge in [-0.3, -0.25) is 14.8 Å². The Kier molecular flexibility index (Phi) is 10.6.